The van der Waals surface area contributed by atoms with Gasteiger partial charge in [-0.1, -0.05) is 255 Å². The van der Waals surface area contributed by atoms with Gasteiger partial charge in [0, 0.05) is 12.8 Å². The Hall–Kier alpha value is -4.37. The van der Waals surface area contributed by atoms with Gasteiger partial charge in [0.15, 0.2) is 6.10 Å². The van der Waals surface area contributed by atoms with Crippen molar-refractivity contribution in [1.82, 2.24) is 0 Å². The average molecular weight is 1160 g/mol. The van der Waals surface area contributed by atoms with E-state index in [4.69, 9.17) is 18.5 Å². The summed E-state index contributed by atoms with van der Waals surface area (Å²) in [5.41, 5.74) is 0. The lowest BCUT2D eigenvalue weighted by Crippen LogP contribution is -2.37. The number of rotatable bonds is 57. The van der Waals surface area contributed by atoms with Crippen LogP contribution in [0.3, 0.4) is 0 Å². The van der Waals surface area contributed by atoms with Crippen LogP contribution in [-0.4, -0.2) is 70.0 Å². The summed E-state index contributed by atoms with van der Waals surface area (Å²) < 4.78 is 34.2. The first-order valence-electron chi connectivity index (χ1n) is 32.2. The molecule has 0 rings (SSSR count). The van der Waals surface area contributed by atoms with Crippen LogP contribution in [0.15, 0.2) is 158 Å². The van der Waals surface area contributed by atoms with Crippen LogP contribution >= 0.6 is 7.82 Å². The number of nitrogens with zero attached hydrogens (tertiary/aromatic N) is 1. The third-order valence-corrected chi connectivity index (χ3v) is 14.0. The molecule has 0 bridgehead atoms. The van der Waals surface area contributed by atoms with E-state index in [9.17, 15) is 19.0 Å². The quantitative estimate of drug-likeness (QED) is 0.0195. The third kappa shape index (κ3) is 64.8. The fourth-order valence-electron chi connectivity index (χ4n) is 8.17. The zero-order chi connectivity index (χ0) is 59.8. The highest BCUT2D eigenvalue weighted by Crippen LogP contribution is 2.38. The van der Waals surface area contributed by atoms with Gasteiger partial charge in [-0.3, -0.25) is 14.2 Å². The molecule has 0 aliphatic heterocycles. The van der Waals surface area contributed by atoms with Crippen LogP contribution in [0.25, 0.3) is 0 Å². The largest absolute Gasteiger partial charge is 0.756 e. The molecule has 0 fully saturated rings. The SMILES string of the molecule is CC/C=C\C/C=C\C/C=C\C/C=C\C/C=C\C/C=C\C/C=C\CCCCCC(=O)OC(COC(=O)CCCCCCCCCCCCCCCC/C=C\C/C=C\C/C=C\C/C=C\C/C=C\C/C=C\CC)COP(=O)([O-])OCC[N+](C)(C)C. The lowest BCUT2D eigenvalue weighted by molar-refractivity contribution is -0.870. The Morgan fingerprint density at radius 3 is 0.988 bits per heavy atom. The molecule has 0 heterocycles. The van der Waals surface area contributed by atoms with E-state index in [-0.39, 0.29) is 26.1 Å². The number of hydrogen-bond acceptors (Lipinski definition) is 8. The van der Waals surface area contributed by atoms with Gasteiger partial charge in [0.2, 0.25) is 0 Å². The smallest absolute Gasteiger partial charge is 0.306 e. The predicted molar refractivity (Wildman–Crippen MR) is 350 cm³/mol. The number of phosphoric ester groups is 1. The summed E-state index contributed by atoms with van der Waals surface area (Å²) >= 11 is 0. The van der Waals surface area contributed by atoms with Crippen molar-refractivity contribution in [3.8, 4) is 0 Å². The van der Waals surface area contributed by atoms with Crippen molar-refractivity contribution >= 4 is 19.8 Å². The standard InChI is InChI=1S/C72H118NO8P/c1-6-8-10-12-14-16-18-20-22-24-26-28-30-32-33-34-35-36-37-38-39-41-42-44-46-48-50-52-54-56-58-60-62-64-71(74)78-68-70(69-80-82(76,77)79-67-66-73(3,4)5)81-72(75)65-63-61-59-57-55-53-51-49-47-45-43-40-31-29-27-25-23-21-19-17-15-13-11-9-7-2/h8-11,14-17,20-23,26-29,32-33,35-36,40,43,47,49,53,55,70H,6-7,12-13,18-19,24-25,30-31,34,37-39,41-42,44-46,48,50-52,54,56-69H2,1-5H3/b10-8-,11-9-,16-14-,17-15-,22-20-,23-21-,28-26-,29-27-,33-32-,36-35-,43-40-,49-47-,55-53-. The number of carbonyl (C=O) groups is 2. The molecule has 10 heteroatoms. The van der Waals surface area contributed by atoms with Crippen molar-refractivity contribution in [3.63, 3.8) is 0 Å². The van der Waals surface area contributed by atoms with Crippen LogP contribution in [0.2, 0.25) is 0 Å². The molecule has 0 spiro atoms. The summed E-state index contributed by atoms with van der Waals surface area (Å²) in [6, 6.07) is 0. The molecular weight excluding hydrogens is 1040 g/mol. The van der Waals surface area contributed by atoms with Crippen molar-refractivity contribution in [2.75, 3.05) is 47.5 Å². The molecule has 0 saturated carbocycles. The second-order valence-corrected chi connectivity index (χ2v) is 23.4. The highest BCUT2D eigenvalue weighted by Gasteiger charge is 2.22. The van der Waals surface area contributed by atoms with Gasteiger partial charge in [0.1, 0.15) is 19.8 Å². The molecule has 0 N–H and O–H groups in total. The van der Waals surface area contributed by atoms with Crippen LogP contribution in [0.5, 0.6) is 0 Å². The number of esters is 2. The molecule has 0 saturated heterocycles. The maximum Gasteiger partial charge on any atom is 0.306 e. The Balaban J connectivity index is 4.18. The number of unbranched alkanes of at least 4 members (excludes halogenated alkanes) is 17. The molecule has 0 aromatic carbocycles. The van der Waals surface area contributed by atoms with E-state index >= 15 is 0 Å². The third-order valence-electron chi connectivity index (χ3n) is 13.0. The Morgan fingerprint density at radius 2 is 0.659 bits per heavy atom. The molecule has 2 atom stereocenters. The Labute approximate surface area is 503 Å². The van der Waals surface area contributed by atoms with E-state index in [1.54, 1.807) is 0 Å². The molecule has 0 aromatic rings. The van der Waals surface area contributed by atoms with E-state index in [1.807, 2.05) is 21.1 Å². The number of quaternary nitrogens is 1. The van der Waals surface area contributed by atoms with E-state index in [2.05, 4.69) is 172 Å². The summed E-state index contributed by atoms with van der Waals surface area (Å²) in [7, 11) is 1.12. The second-order valence-electron chi connectivity index (χ2n) is 22.0. The number of allylic oxidation sites excluding steroid dienone is 26. The highest BCUT2D eigenvalue weighted by molar-refractivity contribution is 7.45. The number of phosphoric acid groups is 1. The molecule has 9 nitrogen and oxygen atoms in total. The molecule has 0 amide bonds. The summed E-state index contributed by atoms with van der Waals surface area (Å²) in [6.45, 7) is 3.96. The Morgan fingerprint density at radius 1 is 0.378 bits per heavy atom. The first-order valence-corrected chi connectivity index (χ1v) is 33.7. The maximum atomic E-state index is 12.8. The number of ether oxygens (including phenoxy) is 2. The van der Waals surface area contributed by atoms with Crippen molar-refractivity contribution in [2.45, 2.75) is 238 Å². The minimum atomic E-state index is -4.66. The average Bonchev–Trinajstić information content (AvgIpc) is 3.46. The van der Waals surface area contributed by atoms with Crippen LogP contribution in [0, 0.1) is 0 Å². The monoisotopic (exact) mass is 1160 g/mol. The summed E-state index contributed by atoms with van der Waals surface area (Å²) in [5, 5.41) is 0. The van der Waals surface area contributed by atoms with Crippen molar-refractivity contribution < 1.29 is 42.1 Å². The predicted octanol–water partition coefficient (Wildman–Crippen LogP) is 20.2. The summed E-state index contributed by atoms with van der Waals surface area (Å²) in [4.78, 5) is 38.0. The van der Waals surface area contributed by atoms with Crippen molar-refractivity contribution in [3.05, 3.63) is 158 Å². The zero-order valence-electron chi connectivity index (χ0n) is 52.6. The van der Waals surface area contributed by atoms with E-state index in [0.717, 1.165) is 128 Å². The lowest BCUT2D eigenvalue weighted by atomic mass is 10.0. The van der Waals surface area contributed by atoms with E-state index in [1.165, 1.54) is 70.6 Å². The van der Waals surface area contributed by atoms with Gasteiger partial charge >= 0.3 is 11.9 Å². The maximum absolute atomic E-state index is 12.8. The highest BCUT2D eigenvalue weighted by atomic mass is 31.2. The Bertz CT molecular complexity index is 1940. The number of hydrogen-bond donors (Lipinski definition) is 0. The normalized spacial score (nSPS) is 14.3. The van der Waals surface area contributed by atoms with Gasteiger partial charge in [-0.25, -0.2) is 0 Å². The first-order chi connectivity index (χ1) is 40.0. The minimum absolute atomic E-state index is 0.0461. The van der Waals surface area contributed by atoms with Crippen molar-refractivity contribution in [2.24, 2.45) is 0 Å². The number of carbonyl (C=O) groups excluding carboxylic acids is 2. The molecule has 0 radical (unpaired) electrons. The van der Waals surface area contributed by atoms with Gasteiger partial charge in [-0.05, 0) is 122 Å². The fraction of sp³-hybridized carbons (Fsp3) is 0.611. The van der Waals surface area contributed by atoms with Gasteiger partial charge < -0.3 is 27.9 Å². The van der Waals surface area contributed by atoms with Crippen LogP contribution < -0.4 is 4.89 Å². The fourth-order valence-corrected chi connectivity index (χ4v) is 8.90. The lowest BCUT2D eigenvalue weighted by Gasteiger charge is -2.28. The van der Waals surface area contributed by atoms with Gasteiger partial charge in [0.05, 0.1) is 27.7 Å². The van der Waals surface area contributed by atoms with Gasteiger partial charge in [-0.15, -0.1) is 0 Å². The van der Waals surface area contributed by atoms with Gasteiger partial charge in [0.25, 0.3) is 7.82 Å². The molecular formula is C72H118NO8P. The van der Waals surface area contributed by atoms with Crippen LogP contribution in [0.1, 0.15) is 232 Å². The van der Waals surface area contributed by atoms with Crippen LogP contribution in [0.4, 0.5) is 0 Å². The summed E-state index contributed by atoms with van der Waals surface area (Å²) in [5.74, 6) is -0.882. The zero-order valence-corrected chi connectivity index (χ0v) is 53.5. The number of likely N-dealkylation sites (N-methyl/N-ethyl adjacent to an activating group) is 1. The van der Waals surface area contributed by atoms with Gasteiger partial charge in [-0.2, -0.15) is 0 Å². The van der Waals surface area contributed by atoms with E-state index < -0.39 is 32.5 Å². The minimum Gasteiger partial charge on any atom is -0.756 e. The molecule has 2 unspecified atom stereocenters. The molecule has 0 aromatic heterocycles. The van der Waals surface area contributed by atoms with Crippen LogP contribution in [-0.2, 0) is 32.7 Å². The molecule has 0 aliphatic rings. The second kappa shape index (κ2) is 61.2. The molecule has 0 aliphatic carbocycles. The molecule has 82 heavy (non-hydrogen) atoms. The van der Waals surface area contributed by atoms with E-state index in [0.29, 0.717) is 17.4 Å². The Kier molecular flexibility index (Phi) is 57.9. The topological polar surface area (TPSA) is 111 Å². The van der Waals surface area contributed by atoms with Crippen molar-refractivity contribution in [1.29, 1.82) is 0 Å². The first kappa shape index (κ1) is 77.6. The summed E-state index contributed by atoms with van der Waals surface area (Å²) in [6.07, 6.45) is 91.6. The molecule has 464 valence electrons.